The summed E-state index contributed by atoms with van der Waals surface area (Å²) in [5.74, 6) is 0. The second-order valence-electron chi connectivity index (χ2n) is 1.08. The Labute approximate surface area is 74.7 Å². The number of hydrogen-bond acceptors (Lipinski definition) is 4. The molecule has 0 aromatic carbocycles. The second kappa shape index (κ2) is 86.7. The lowest BCUT2D eigenvalue weighted by atomic mass is 10.8. The van der Waals surface area contributed by atoms with Crippen LogP contribution >= 0.6 is 0 Å². The summed E-state index contributed by atoms with van der Waals surface area (Å²) in [6, 6.07) is 1.75. The van der Waals surface area contributed by atoms with Crippen LogP contribution in [0.2, 0.25) is 0 Å². The lowest BCUT2D eigenvalue weighted by molar-refractivity contribution is 0.186. The molecule has 0 aromatic heterocycles. The van der Waals surface area contributed by atoms with Crippen molar-refractivity contribution < 1.29 is 14.9 Å². The summed E-state index contributed by atoms with van der Waals surface area (Å²) in [6.45, 7) is 7.18. The maximum Gasteiger partial charge on any atom is 0.0662 e. The number of rotatable bonds is 1. The predicted molar refractivity (Wildman–Crippen MR) is 49.6 cm³/mol. The van der Waals surface area contributed by atoms with Gasteiger partial charge in [-0.3, -0.25) is 0 Å². The number of nitrogens with zero attached hydrogens (tertiary/aromatic N) is 1. The van der Waals surface area contributed by atoms with Crippen molar-refractivity contribution in [1.82, 2.24) is 0 Å². The molecule has 2 N–H and O–H groups in total. The Morgan fingerprint density at radius 3 is 1.33 bits per heavy atom. The van der Waals surface area contributed by atoms with Crippen molar-refractivity contribution in [2.75, 3.05) is 27.4 Å². The van der Waals surface area contributed by atoms with Crippen LogP contribution in [-0.4, -0.2) is 37.6 Å². The zero-order valence-electron chi connectivity index (χ0n) is 8.08. The van der Waals surface area contributed by atoms with Crippen molar-refractivity contribution >= 4 is 0 Å². The highest BCUT2D eigenvalue weighted by Gasteiger charge is 1.58. The fraction of sp³-hybridized carbons (Fsp3) is 0.625. The van der Waals surface area contributed by atoms with Crippen LogP contribution < -0.4 is 0 Å². The van der Waals surface area contributed by atoms with Gasteiger partial charge in [-0.1, -0.05) is 0 Å². The van der Waals surface area contributed by atoms with Crippen LogP contribution in [0.1, 0.15) is 6.92 Å². The van der Waals surface area contributed by atoms with Crippen molar-refractivity contribution in [3.63, 3.8) is 0 Å². The second-order valence-corrected chi connectivity index (χ2v) is 1.08. The van der Waals surface area contributed by atoms with Crippen LogP contribution in [0.25, 0.3) is 0 Å². The lowest BCUT2D eigenvalue weighted by Crippen LogP contribution is -1.85. The van der Waals surface area contributed by atoms with Crippen LogP contribution in [0.5, 0.6) is 0 Å². The molecule has 0 atom stereocenters. The fourth-order valence-electron chi connectivity index (χ4n) is 0. The maximum absolute atomic E-state index is 7.62. The third-order valence-electron chi connectivity index (χ3n) is 0.1000. The first-order chi connectivity index (χ1) is 5.74. The summed E-state index contributed by atoms with van der Waals surface area (Å²) in [5.41, 5.74) is 0. The largest absolute Gasteiger partial charge is 0.394 e. The Morgan fingerprint density at radius 2 is 1.33 bits per heavy atom. The molecule has 12 heavy (non-hydrogen) atoms. The van der Waals surface area contributed by atoms with Gasteiger partial charge in [0, 0.05) is 21.1 Å². The van der Waals surface area contributed by atoms with Crippen LogP contribution in [0.4, 0.5) is 0 Å². The van der Waals surface area contributed by atoms with Crippen molar-refractivity contribution in [2.45, 2.75) is 6.92 Å². The molecule has 0 aliphatic heterocycles. The molecule has 4 nitrogen and oxygen atoms in total. The molecular formula is C8H19NO3. The van der Waals surface area contributed by atoms with E-state index in [1.165, 1.54) is 6.92 Å². The first-order valence-corrected chi connectivity index (χ1v) is 3.17. The van der Waals surface area contributed by atoms with Crippen molar-refractivity contribution in [3.05, 3.63) is 13.2 Å². The van der Waals surface area contributed by atoms with E-state index in [0.717, 1.165) is 0 Å². The summed E-state index contributed by atoms with van der Waals surface area (Å²) in [6.07, 6.45) is 0. The summed E-state index contributed by atoms with van der Waals surface area (Å²) in [5, 5.41) is 22.6. The number of hydrogen-bond donors (Lipinski definition) is 2. The Morgan fingerprint density at radius 1 is 1.25 bits per heavy atom. The van der Waals surface area contributed by atoms with Gasteiger partial charge in [0.05, 0.1) is 19.3 Å². The molecule has 0 aliphatic carbocycles. The van der Waals surface area contributed by atoms with Crippen LogP contribution in [0.3, 0.4) is 0 Å². The van der Waals surface area contributed by atoms with E-state index in [2.05, 4.69) is 17.9 Å². The lowest BCUT2D eigenvalue weighted by Gasteiger charge is -1.70. The number of methoxy groups -OCH3 is 1. The van der Waals surface area contributed by atoms with Gasteiger partial charge in [-0.15, -0.1) is 13.2 Å². The van der Waals surface area contributed by atoms with E-state index < -0.39 is 0 Å². The standard InChI is InChI=1S/C2H3N.C2H6O2.C2H6O.C2H4/c1-2-3;3-1-2-4;1-3-2;1-2/h1H3;3-4H,1-2H2;1-2H3;1-2H2. The summed E-state index contributed by atoms with van der Waals surface area (Å²) < 4.78 is 4.25. The zero-order chi connectivity index (χ0) is 10.8. The van der Waals surface area contributed by atoms with E-state index in [1.807, 2.05) is 0 Å². The molecule has 4 heteroatoms. The number of ether oxygens (including phenoxy) is 1. The van der Waals surface area contributed by atoms with Gasteiger partial charge in [0.2, 0.25) is 0 Å². The highest BCUT2D eigenvalue weighted by atomic mass is 16.4. The van der Waals surface area contributed by atoms with E-state index in [0.29, 0.717) is 0 Å². The highest BCUT2D eigenvalue weighted by molar-refractivity contribution is 4.51. The average molecular weight is 177 g/mol. The first-order valence-electron chi connectivity index (χ1n) is 3.17. The van der Waals surface area contributed by atoms with E-state index in [4.69, 9.17) is 15.5 Å². The smallest absolute Gasteiger partial charge is 0.0662 e. The topological polar surface area (TPSA) is 73.5 Å². The fourth-order valence-corrected chi connectivity index (χ4v) is 0. The Bertz CT molecular complexity index is 69.2. The van der Waals surface area contributed by atoms with Crippen molar-refractivity contribution in [2.24, 2.45) is 0 Å². The van der Waals surface area contributed by atoms with Gasteiger partial charge in [-0.05, 0) is 0 Å². The minimum absolute atomic E-state index is 0.125. The van der Waals surface area contributed by atoms with E-state index >= 15 is 0 Å². The minimum Gasteiger partial charge on any atom is -0.394 e. The highest BCUT2D eigenvalue weighted by Crippen LogP contribution is 1.39. The van der Waals surface area contributed by atoms with Crippen molar-refractivity contribution in [3.8, 4) is 6.07 Å². The summed E-state index contributed by atoms with van der Waals surface area (Å²) >= 11 is 0. The molecule has 0 unspecified atom stereocenters. The van der Waals surface area contributed by atoms with Crippen LogP contribution in [0, 0.1) is 11.3 Å². The molecule has 0 aliphatic rings. The zero-order valence-corrected chi connectivity index (χ0v) is 8.08. The van der Waals surface area contributed by atoms with Crippen molar-refractivity contribution in [1.29, 1.82) is 5.26 Å². The number of aliphatic hydroxyl groups excluding tert-OH is 2. The van der Waals surface area contributed by atoms with Gasteiger partial charge in [-0.2, -0.15) is 5.26 Å². The third kappa shape index (κ3) is 49500. The molecular weight excluding hydrogens is 158 g/mol. The minimum atomic E-state index is -0.125. The third-order valence-corrected chi connectivity index (χ3v) is 0.1000. The van der Waals surface area contributed by atoms with Gasteiger partial charge < -0.3 is 14.9 Å². The van der Waals surface area contributed by atoms with Gasteiger partial charge >= 0.3 is 0 Å². The van der Waals surface area contributed by atoms with Gasteiger partial charge in [-0.25, -0.2) is 0 Å². The Kier molecular flexibility index (Phi) is 162. The van der Waals surface area contributed by atoms with Crippen LogP contribution in [0.15, 0.2) is 13.2 Å². The summed E-state index contributed by atoms with van der Waals surface area (Å²) in [4.78, 5) is 0. The maximum atomic E-state index is 7.62. The number of aliphatic hydroxyl groups is 2. The molecule has 0 bridgehead atoms. The average Bonchev–Trinajstić information content (AvgIpc) is 2.10. The van der Waals surface area contributed by atoms with E-state index in [1.54, 1.807) is 20.3 Å². The monoisotopic (exact) mass is 177 g/mol. The molecule has 0 spiro atoms. The van der Waals surface area contributed by atoms with Gasteiger partial charge in [0.25, 0.3) is 0 Å². The molecule has 0 amide bonds. The molecule has 0 saturated heterocycles. The summed E-state index contributed by atoms with van der Waals surface area (Å²) in [7, 11) is 3.25. The SMILES string of the molecule is C=C.CC#N.COC.OCCO. The molecule has 0 aromatic rings. The number of nitriles is 1. The quantitative estimate of drug-likeness (QED) is 0.574. The first kappa shape index (κ1) is 22.5. The van der Waals surface area contributed by atoms with Gasteiger partial charge in [0.1, 0.15) is 0 Å². The van der Waals surface area contributed by atoms with E-state index in [9.17, 15) is 0 Å². The molecule has 0 heterocycles. The van der Waals surface area contributed by atoms with Crippen LogP contribution in [-0.2, 0) is 4.74 Å². The van der Waals surface area contributed by atoms with E-state index in [-0.39, 0.29) is 13.2 Å². The normalized spacial score (nSPS) is 5.00. The molecule has 0 radical (unpaired) electrons. The molecule has 0 rings (SSSR count). The predicted octanol–water partition coefficient (Wildman–Crippen LogP) is 0.566. The molecule has 0 fully saturated rings. The molecule has 0 saturated carbocycles. The Hall–Kier alpha value is -0.890. The van der Waals surface area contributed by atoms with Gasteiger partial charge in [0.15, 0.2) is 0 Å². The Balaban J connectivity index is -0.0000000368. The molecule has 74 valence electrons.